The van der Waals surface area contributed by atoms with E-state index in [9.17, 15) is 23.9 Å². The van der Waals surface area contributed by atoms with Gasteiger partial charge in [-0.15, -0.1) is 0 Å². The van der Waals surface area contributed by atoms with Gasteiger partial charge in [-0.25, -0.2) is 9.18 Å². The quantitative estimate of drug-likeness (QED) is 0.627. The zero-order chi connectivity index (χ0) is 23.5. The van der Waals surface area contributed by atoms with Crippen molar-refractivity contribution < 1.29 is 28.6 Å². The summed E-state index contributed by atoms with van der Waals surface area (Å²) >= 11 is 5.85. The minimum absolute atomic E-state index is 0.0157. The molecular weight excluding hydrogens is 455 g/mol. The number of benzene rings is 2. The first-order chi connectivity index (χ1) is 15.8. The summed E-state index contributed by atoms with van der Waals surface area (Å²) < 4.78 is 19.8. The summed E-state index contributed by atoms with van der Waals surface area (Å²) in [5.41, 5.74) is 0.743. The Hall–Kier alpha value is -3.21. The molecule has 2 aromatic carbocycles. The Morgan fingerprint density at radius 3 is 2.61 bits per heavy atom. The first kappa shape index (κ1) is 23.0. The molecule has 4 rings (SSSR count). The van der Waals surface area contributed by atoms with E-state index in [0.29, 0.717) is 29.5 Å². The fourth-order valence-corrected chi connectivity index (χ4v) is 3.92. The van der Waals surface area contributed by atoms with Crippen molar-refractivity contribution in [1.82, 2.24) is 4.90 Å². The largest absolute Gasteiger partial charge is 0.391 e. The van der Waals surface area contributed by atoms with Crippen LogP contribution in [-0.2, 0) is 14.3 Å². The molecule has 2 aliphatic heterocycles. The molecule has 2 aromatic rings. The summed E-state index contributed by atoms with van der Waals surface area (Å²) in [6.07, 6.45) is -0.877. The zero-order valence-corrected chi connectivity index (χ0v) is 18.2. The molecule has 0 unspecified atom stereocenters. The fraction of sp³-hybridized carbons (Fsp3) is 0.318. The lowest BCUT2D eigenvalue weighted by atomic mass is 10.1. The van der Waals surface area contributed by atoms with Gasteiger partial charge in [-0.1, -0.05) is 11.6 Å². The monoisotopic (exact) mass is 476 g/mol. The van der Waals surface area contributed by atoms with Gasteiger partial charge in [0.25, 0.3) is 5.91 Å². The summed E-state index contributed by atoms with van der Waals surface area (Å²) in [5.74, 6) is -1.64. The van der Waals surface area contributed by atoms with Gasteiger partial charge in [-0.05, 0) is 42.5 Å². The number of amides is 4. The Kier molecular flexibility index (Phi) is 6.77. The molecule has 2 fully saturated rings. The second-order valence-electron chi connectivity index (χ2n) is 7.75. The second-order valence-corrected chi connectivity index (χ2v) is 8.18. The van der Waals surface area contributed by atoms with Crippen molar-refractivity contribution in [2.45, 2.75) is 18.6 Å². The number of morpholine rings is 1. The van der Waals surface area contributed by atoms with E-state index in [1.165, 1.54) is 21.9 Å². The Morgan fingerprint density at radius 2 is 1.91 bits per heavy atom. The minimum Gasteiger partial charge on any atom is -0.391 e. The number of aliphatic hydroxyl groups is 1. The average Bonchev–Trinajstić information content (AvgIpc) is 3.19. The van der Waals surface area contributed by atoms with E-state index < -0.39 is 29.9 Å². The van der Waals surface area contributed by atoms with Gasteiger partial charge in [0, 0.05) is 35.9 Å². The number of ether oxygens (including phenoxy) is 1. The van der Waals surface area contributed by atoms with Crippen molar-refractivity contribution in [1.29, 1.82) is 0 Å². The van der Waals surface area contributed by atoms with Gasteiger partial charge >= 0.3 is 6.03 Å². The molecule has 3 N–H and O–H groups in total. The molecule has 33 heavy (non-hydrogen) atoms. The topological polar surface area (TPSA) is 111 Å². The summed E-state index contributed by atoms with van der Waals surface area (Å²) in [6.45, 7) is 0.543. The van der Waals surface area contributed by atoms with Gasteiger partial charge in [0.15, 0.2) is 0 Å². The predicted molar refractivity (Wildman–Crippen MR) is 120 cm³/mol. The maximum absolute atomic E-state index is 14.7. The molecule has 2 atom stereocenters. The summed E-state index contributed by atoms with van der Waals surface area (Å²) in [7, 11) is 0. The number of likely N-dealkylation sites (tertiary alicyclic amines) is 1. The zero-order valence-electron chi connectivity index (χ0n) is 17.5. The number of aliphatic hydroxyl groups excluding tert-OH is 1. The molecule has 174 valence electrons. The van der Waals surface area contributed by atoms with Gasteiger partial charge in [0.1, 0.15) is 18.5 Å². The van der Waals surface area contributed by atoms with Crippen molar-refractivity contribution in [2.24, 2.45) is 0 Å². The highest BCUT2D eigenvalue weighted by Gasteiger charge is 2.39. The molecule has 2 saturated heterocycles. The summed E-state index contributed by atoms with van der Waals surface area (Å²) in [6, 6.07) is 8.91. The third-order valence-electron chi connectivity index (χ3n) is 5.45. The Labute approximate surface area is 194 Å². The molecule has 2 aliphatic rings. The number of rotatable bonds is 4. The molecule has 11 heteroatoms. The minimum atomic E-state index is -0.993. The van der Waals surface area contributed by atoms with E-state index in [-0.39, 0.29) is 31.2 Å². The van der Waals surface area contributed by atoms with Gasteiger partial charge in [0.05, 0.1) is 18.4 Å². The van der Waals surface area contributed by atoms with Crippen LogP contribution in [0.2, 0.25) is 5.02 Å². The van der Waals surface area contributed by atoms with E-state index >= 15 is 0 Å². The number of carbonyl (C=O) groups excluding carboxylic acids is 3. The normalized spacial score (nSPS) is 20.6. The number of β-amino-alcohol motifs (C(OH)–C–C–N with tert-alkyl or cyclic N) is 1. The highest BCUT2D eigenvalue weighted by Crippen LogP contribution is 2.26. The molecule has 4 amide bonds. The van der Waals surface area contributed by atoms with Crippen molar-refractivity contribution in [3.05, 3.63) is 53.3 Å². The van der Waals surface area contributed by atoms with E-state index in [1.54, 1.807) is 24.3 Å². The van der Waals surface area contributed by atoms with Crippen LogP contribution < -0.4 is 15.5 Å². The first-order valence-electron chi connectivity index (χ1n) is 10.3. The van der Waals surface area contributed by atoms with Gasteiger partial charge in [0.2, 0.25) is 5.91 Å². The van der Waals surface area contributed by atoms with E-state index in [2.05, 4.69) is 10.6 Å². The molecule has 0 spiro atoms. The van der Waals surface area contributed by atoms with Gasteiger partial charge in [-0.2, -0.15) is 0 Å². The number of anilines is 3. The van der Waals surface area contributed by atoms with Crippen LogP contribution in [0.4, 0.5) is 26.2 Å². The number of hydrogen-bond acceptors (Lipinski definition) is 5. The van der Waals surface area contributed by atoms with Crippen LogP contribution in [-0.4, -0.2) is 66.3 Å². The molecule has 9 nitrogen and oxygen atoms in total. The lowest BCUT2D eigenvalue weighted by Crippen LogP contribution is -2.45. The highest BCUT2D eigenvalue weighted by atomic mass is 35.5. The van der Waals surface area contributed by atoms with E-state index in [4.69, 9.17) is 16.3 Å². The smallest absolute Gasteiger partial charge is 0.322 e. The first-order valence-corrected chi connectivity index (χ1v) is 10.7. The maximum atomic E-state index is 14.7. The molecule has 2 heterocycles. The number of nitrogens with zero attached hydrogens (tertiary/aromatic N) is 2. The van der Waals surface area contributed by atoms with Crippen molar-refractivity contribution >= 4 is 46.5 Å². The molecule has 0 aromatic heterocycles. The van der Waals surface area contributed by atoms with Crippen LogP contribution in [0.15, 0.2) is 42.5 Å². The Morgan fingerprint density at radius 1 is 1.15 bits per heavy atom. The number of urea groups is 1. The Balaban J connectivity index is 1.44. The predicted octanol–water partition coefficient (Wildman–Crippen LogP) is 2.45. The van der Waals surface area contributed by atoms with Gasteiger partial charge in [-0.3, -0.25) is 9.59 Å². The third kappa shape index (κ3) is 5.24. The fourth-order valence-electron chi connectivity index (χ4n) is 3.80. The van der Waals surface area contributed by atoms with E-state index in [0.717, 1.165) is 6.07 Å². The number of carbonyl (C=O) groups is 3. The number of nitrogens with one attached hydrogen (secondary N) is 2. The van der Waals surface area contributed by atoms with Crippen molar-refractivity contribution in [3.63, 3.8) is 0 Å². The van der Waals surface area contributed by atoms with Gasteiger partial charge < -0.3 is 30.3 Å². The standard InChI is InChI=1S/C22H22ClFN4O5/c23-13-1-3-14(4-2-13)25-22(32)28-11-16(29)10-19(28)21(31)26-18-6-5-15(9-17(18)24)27-7-8-33-12-20(27)30/h1-6,9,16,19,29H,7-8,10-12H2,(H,25,32)(H,26,31)/t16-,19-/m1/s1. The van der Waals surface area contributed by atoms with Crippen molar-refractivity contribution in [2.75, 3.05) is 41.8 Å². The van der Waals surface area contributed by atoms with E-state index in [1.807, 2.05) is 0 Å². The molecule has 0 aliphatic carbocycles. The van der Waals surface area contributed by atoms with Crippen LogP contribution in [0, 0.1) is 5.82 Å². The number of halogens is 2. The number of hydrogen-bond donors (Lipinski definition) is 3. The van der Waals surface area contributed by atoms with Crippen LogP contribution in [0.3, 0.4) is 0 Å². The van der Waals surface area contributed by atoms with Crippen LogP contribution >= 0.6 is 11.6 Å². The highest BCUT2D eigenvalue weighted by molar-refractivity contribution is 6.30. The lowest BCUT2D eigenvalue weighted by molar-refractivity contribution is -0.125. The van der Waals surface area contributed by atoms with Crippen LogP contribution in [0.5, 0.6) is 0 Å². The molecule has 0 bridgehead atoms. The third-order valence-corrected chi connectivity index (χ3v) is 5.70. The van der Waals surface area contributed by atoms with Crippen LogP contribution in [0.25, 0.3) is 0 Å². The molecule has 0 saturated carbocycles. The molecular formula is C22H22ClFN4O5. The summed E-state index contributed by atoms with van der Waals surface area (Å²) in [4.78, 5) is 40.1. The molecule has 0 radical (unpaired) electrons. The lowest BCUT2D eigenvalue weighted by Gasteiger charge is -2.27. The average molecular weight is 477 g/mol. The Bertz CT molecular complexity index is 1070. The SMILES string of the molecule is O=C(Nc1ccc(N2CCOCC2=O)cc1F)[C@H]1C[C@@H](O)CN1C(=O)Nc1ccc(Cl)cc1. The maximum Gasteiger partial charge on any atom is 0.322 e. The van der Waals surface area contributed by atoms with Crippen molar-refractivity contribution in [3.8, 4) is 0 Å². The summed E-state index contributed by atoms with van der Waals surface area (Å²) in [5, 5.41) is 15.7. The van der Waals surface area contributed by atoms with Crippen LogP contribution in [0.1, 0.15) is 6.42 Å². The second kappa shape index (κ2) is 9.74.